The minimum Gasteiger partial charge on any atom is -0.493 e. The van der Waals surface area contributed by atoms with E-state index in [0.29, 0.717) is 23.5 Å². The Labute approximate surface area is 150 Å². The van der Waals surface area contributed by atoms with Crippen LogP contribution < -0.4 is 14.8 Å². The Bertz CT molecular complexity index is 771. The summed E-state index contributed by atoms with van der Waals surface area (Å²) in [6.45, 7) is 5.69. The number of carbonyl (C=O) groups excluding carboxylic acids is 1. The number of halogens is 1. The van der Waals surface area contributed by atoms with E-state index in [9.17, 15) is 4.79 Å². The van der Waals surface area contributed by atoms with Crippen molar-refractivity contribution in [3.8, 4) is 11.5 Å². The lowest BCUT2D eigenvalue weighted by Gasteiger charge is -2.15. The van der Waals surface area contributed by atoms with Crippen LogP contribution in [0.25, 0.3) is 0 Å². The quantitative estimate of drug-likeness (QED) is 0.724. The minimum absolute atomic E-state index is 0.202. The summed E-state index contributed by atoms with van der Waals surface area (Å²) in [4.78, 5) is 12.6. The molecule has 126 valence electrons. The smallest absolute Gasteiger partial charge is 0.255 e. The number of benzene rings is 2. The van der Waals surface area contributed by atoms with Crippen LogP contribution in [0.5, 0.6) is 11.5 Å². The molecule has 0 aliphatic heterocycles. The zero-order valence-corrected chi connectivity index (χ0v) is 15.6. The average Bonchev–Trinajstić information content (AvgIpc) is 2.56. The number of amides is 1. The Balaban J connectivity index is 2.38. The predicted molar refractivity (Wildman–Crippen MR) is 100 cm³/mol. The number of anilines is 1. The SMILES string of the molecule is C=CCc1cc(C(=O)Nc2ccc(Br)cc2C)cc(OC)c1OC. The first kappa shape index (κ1) is 18.1. The van der Waals surface area contributed by atoms with Gasteiger partial charge in [-0.15, -0.1) is 6.58 Å². The number of allylic oxidation sites excluding steroid dienone is 1. The lowest BCUT2D eigenvalue weighted by atomic mass is 10.0. The van der Waals surface area contributed by atoms with Crippen LogP contribution in [0.4, 0.5) is 5.69 Å². The second-order valence-electron chi connectivity index (χ2n) is 5.28. The fourth-order valence-electron chi connectivity index (χ4n) is 2.44. The highest BCUT2D eigenvalue weighted by Gasteiger charge is 2.16. The first-order valence-corrected chi connectivity index (χ1v) is 8.22. The summed E-state index contributed by atoms with van der Waals surface area (Å²) in [5.74, 6) is 0.940. The minimum atomic E-state index is -0.202. The zero-order chi connectivity index (χ0) is 17.7. The Kier molecular flexibility index (Phi) is 6.04. The summed E-state index contributed by atoms with van der Waals surface area (Å²) >= 11 is 3.42. The van der Waals surface area contributed by atoms with E-state index in [2.05, 4.69) is 27.8 Å². The van der Waals surface area contributed by atoms with Gasteiger partial charge in [-0.1, -0.05) is 22.0 Å². The summed E-state index contributed by atoms with van der Waals surface area (Å²) < 4.78 is 11.7. The third-order valence-electron chi connectivity index (χ3n) is 3.62. The van der Waals surface area contributed by atoms with Gasteiger partial charge in [0.15, 0.2) is 11.5 Å². The highest BCUT2D eigenvalue weighted by molar-refractivity contribution is 9.10. The van der Waals surface area contributed by atoms with Gasteiger partial charge in [0.25, 0.3) is 5.91 Å². The van der Waals surface area contributed by atoms with E-state index in [0.717, 1.165) is 21.3 Å². The lowest BCUT2D eigenvalue weighted by Crippen LogP contribution is -2.13. The predicted octanol–water partition coefficient (Wildman–Crippen LogP) is 4.76. The second kappa shape index (κ2) is 8.02. The number of rotatable bonds is 6. The van der Waals surface area contributed by atoms with Gasteiger partial charge in [0.2, 0.25) is 0 Å². The number of methoxy groups -OCH3 is 2. The van der Waals surface area contributed by atoms with Crippen LogP contribution in [0.1, 0.15) is 21.5 Å². The molecule has 0 aromatic heterocycles. The molecule has 0 saturated carbocycles. The van der Waals surface area contributed by atoms with Gasteiger partial charge in [-0.2, -0.15) is 0 Å². The Morgan fingerprint density at radius 3 is 2.58 bits per heavy atom. The maximum Gasteiger partial charge on any atom is 0.255 e. The Hall–Kier alpha value is -2.27. The molecule has 5 heteroatoms. The highest BCUT2D eigenvalue weighted by atomic mass is 79.9. The summed E-state index contributed by atoms with van der Waals surface area (Å²) in [6.07, 6.45) is 2.34. The van der Waals surface area contributed by atoms with Gasteiger partial charge in [-0.05, 0) is 49.2 Å². The van der Waals surface area contributed by atoms with Gasteiger partial charge in [-0.25, -0.2) is 0 Å². The molecular formula is C19H20BrNO3. The molecule has 2 aromatic carbocycles. The number of hydrogen-bond donors (Lipinski definition) is 1. The van der Waals surface area contributed by atoms with Crippen LogP contribution in [0.15, 0.2) is 47.5 Å². The molecule has 0 aliphatic carbocycles. The zero-order valence-electron chi connectivity index (χ0n) is 14.0. The second-order valence-corrected chi connectivity index (χ2v) is 6.19. The van der Waals surface area contributed by atoms with E-state index in [4.69, 9.17) is 9.47 Å². The van der Waals surface area contributed by atoms with Crippen LogP contribution in [0, 0.1) is 6.92 Å². The first-order valence-electron chi connectivity index (χ1n) is 7.43. The van der Waals surface area contributed by atoms with Crippen molar-refractivity contribution < 1.29 is 14.3 Å². The maximum absolute atomic E-state index is 12.6. The average molecular weight is 390 g/mol. The molecule has 1 N–H and O–H groups in total. The van der Waals surface area contributed by atoms with Gasteiger partial charge in [0.05, 0.1) is 14.2 Å². The van der Waals surface area contributed by atoms with Crippen LogP contribution in [0.3, 0.4) is 0 Å². The van der Waals surface area contributed by atoms with Gasteiger partial charge in [-0.3, -0.25) is 4.79 Å². The van der Waals surface area contributed by atoms with E-state index in [-0.39, 0.29) is 5.91 Å². The number of carbonyl (C=O) groups is 1. The van der Waals surface area contributed by atoms with Crippen molar-refractivity contribution in [2.75, 3.05) is 19.5 Å². The van der Waals surface area contributed by atoms with Crippen molar-refractivity contribution in [3.63, 3.8) is 0 Å². The van der Waals surface area contributed by atoms with Gasteiger partial charge in [0, 0.05) is 21.3 Å². The normalized spacial score (nSPS) is 10.2. The molecule has 0 spiro atoms. The molecule has 2 aromatic rings. The number of aryl methyl sites for hydroxylation is 1. The van der Waals surface area contributed by atoms with E-state index in [1.807, 2.05) is 25.1 Å². The summed E-state index contributed by atoms with van der Waals surface area (Å²) in [5.41, 5.74) is 3.10. The largest absolute Gasteiger partial charge is 0.493 e. The number of nitrogens with one attached hydrogen (secondary N) is 1. The van der Waals surface area contributed by atoms with E-state index < -0.39 is 0 Å². The van der Waals surface area contributed by atoms with Gasteiger partial charge >= 0.3 is 0 Å². The van der Waals surface area contributed by atoms with Crippen molar-refractivity contribution >= 4 is 27.5 Å². The molecule has 0 heterocycles. The fourth-order valence-corrected chi connectivity index (χ4v) is 2.92. The fraction of sp³-hybridized carbons (Fsp3) is 0.211. The summed E-state index contributed by atoms with van der Waals surface area (Å²) in [5, 5.41) is 2.93. The first-order chi connectivity index (χ1) is 11.5. The maximum atomic E-state index is 12.6. The number of ether oxygens (including phenoxy) is 2. The molecule has 0 fully saturated rings. The monoisotopic (exact) mass is 389 g/mol. The molecule has 0 unspecified atom stereocenters. The van der Waals surface area contributed by atoms with Crippen molar-refractivity contribution in [1.29, 1.82) is 0 Å². The molecule has 0 bridgehead atoms. The molecule has 0 saturated heterocycles. The molecule has 24 heavy (non-hydrogen) atoms. The highest BCUT2D eigenvalue weighted by Crippen LogP contribution is 2.33. The van der Waals surface area contributed by atoms with Crippen molar-refractivity contribution in [1.82, 2.24) is 0 Å². The third kappa shape index (κ3) is 3.97. The van der Waals surface area contributed by atoms with E-state index >= 15 is 0 Å². The van der Waals surface area contributed by atoms with E-state index in [1.54, 1.807) is 32.4 Å². The number of hydrogen-bond acceptors (Lipinski definition) is 3. The van der Waals surface area contributed by atoms with Crippen molar-refractivity contribution in [2.24, 2.45) is 0 Å². The molecule has 0 atom stereocenters. The van der Waals surface area contributed by atoms with Crippen LogP contribution in [-0.4, -0.2) is 20.1 Å². The Morgan fingerprint density at radius 1 is 1.25 bits per heavy atom. The summed E-state index contributed by atoms with van der Waals surface area (Å²) in [7, 11) is 3.13. The van der Waals surface area contributed by atoms with Gasteiger partial charge in [0.1, 0.15) is 0 Å². The topological polar surface area (TPSA) is 47.6 Å². The molecule has 0 aliphatic rings. The van der Waals surface area contributed by atoms with Crippen LogP contribution in [-0.2, 0) is 6.42 Å². The summed E-state index contributed by atoms with van der Waals surface area (Å²) in [6, 6.07) is 9.18. The standard InChI is InChI=1S/C19H20BrNO3/c1-5-6-13-10-14(11-17(23-3)18(13)24-4)19(22)21-16-8-7-15(20)9-12(16)2/h5,7-11H,1,6H2,2-4H3,(H,21,22). The molecular weight excluding hydrogens is 370 g/mol. The third-order valence-corrected chi connectivity index (χ3v) is 4.11. The van der Waals surface area contributed by atoms with Crippen molar-refractivity contribution in [3.05, 3.63) is 64.1 Å². The van der Waals surface area contributed by atoms with Crippen LogP contribution in [0.2, 0.25) is 0 Å². The molecule has 2 rings (SSSR count). The van der Waals surface area contributed by atoms with E-state index in [1.165, 1.54) is 0 Å². The lowest BCUT2D eigenvalue weighted by molar-refractivity contribution is 0.102. The Morgan fingerprint density at radius 2 is 2.00 bits per heavy atom. The van der Waals surface area contributed by atoms with Crippen LogP contribution >= 0.6 is 15.9 Å². The molecule has 4 nitrogen and oxygen atoms in total. The van der Waals surface area contributed by atoms with Gasteiger partial charge < -0.3 is 14.8 Å². The molecule has 1 amide bonds. The van der Waals surface area contributed by atoms with Crippen molar-refractivity contribution in [2.45, 2.75) is 13.3 Å². The molecule has 0 radical (unpaired) electrons.